The van der Waals surface area contributed by atoms with Crippen LogP contribution in [0.5, 0.6) is 0 Å². The van der Waals surface area contributed by atoms with Gasteiger partial charge in [0, 0.05) is 0 Å². The standard InChI is InChI=1S/C12H12.C11H13F.C11H14.C10H13F.C10H14.C8H16.2CH4/c1-9-7-8-10(2)12-6-4-3-5-11(9)12;1-7-3-4-8(2)11(12)10(7)9-5-6-9;1-8-3-4-9(2)11(7-8)10-5-6-10;1-4-9-7(2)5-6-8(3)10(9)11;1-4-10-7-8(2)5-6-9(10)3;1-7-3-5-8(2)6-4-7;;/h3-8H,1-2H3;3-4,9H,5-6H2,1-2H3;3-4,7,10H,5-6H2,1-2H3;5-6H,4H2,1-3H3;5-7H,4H2,1-3H3;7-8H,3-6H2,1-2H3;2*1H4. The second-order valence-corrected chi connectivity index (χ2v) is 19.6. The highest BCUT2D eigenvalue weighted by Gasteiger charge is 2.28. The van der Waals surface area contributed by atoms with Gasteiger partial charge in [-0.05, 0) is 209 Å². The molecule has 0 N–H and O–H groups in total. The van der Waals surface area contributed by atoms with Crippen LogP contribution in [0.1, 0.15) is 184 Å². The molecule has 0 spiro atoms. The van der Waals surface area contributed by atoms with Crippen molar-refractivity contribution in [3.05, 3.63) is 187 Å². The summed E-state index contributed by atoms with van der Waals surface area (Å²) in [5, 5.41) is 2.75. The van der Waals surface area contributed by atoms with Crippen LogP contribution in [0.4, 0.5) is 8.78 Å². The predicted molar refractivity (Wildman–Crippen MR) is 290 cm³/mol. The molecule has 360 valence electrons. The molecule has 0 heterocycles. The Morgan fingerprint density at radius 2 is 0.818 bits per heavy atom. The van der Waals surface area contributed by atoms with Crippen LogP contribution in [-0.2, 0) is 12.8 Å². The summed E-state index contributed by atoms with van der Waals surface area (Å²) < 4.78 is 26.8. The molecule has 3 saturated carbocycles. The second kappa shape index (κ2) is 27.9. The lowest BCUT2D eigenvalue weighted by Crippen LogP contribution is -2.08. The van der Waals surface area contributed by atoms with Gasteiger partial charge in [0.25, 0.3) is 0 Å². The minimum Gasteiger partial charge on any atom is -0.206 e. The van der Waals surface area contributed by atoms with E-state index in [0.717, 1.165) is 64.0 Å². The smallest absolute Gasteiger partial charge is 0.129 e. The molecule has 66 heavy (non-hydrogen) atoms. The number of benzene rings is 6. The zero-order chi connectivity index (χ0) is 47.1. The van der Waals surface area contributed by atoms with E-state index in [1.165, 1.54) is 101 Å². The van der Waals surface area contributed by atoms with Gasteiger partial charge in [-0.2, -0.15) is 0 Å². The third kappa shape index (κ3) is 17.6. The molecule has 2 heteroatoms. The molecule has 0 amide bonds. The van der Waals surface area contributed by atoms with Gasteiger partial charge in [-0.3, -0.25) is 0 Å². The topological polar surface area (TPSA) is 0 Å². The SMILES string of the molecule is C.C.CC1CCC(C)CC1.CCc1c(C)ccc(C)c1F.CCc1cc(C)ccc1C.Cc1ccc(C)c(C2CC2)c1.Cc1ccc(C)c(C2CC2)c1F.Cc1ccc(C)c2ccccc12. The van der Waals surface area contributed by atoms with Gasteiger partial charge < -0.3 is 0 Å². The Kier molecular flexibility index (Phi) is 24.4. The normalized spacial score (nSPS) is 15.8. The Bertz CT molecular complexity index is 2330. The van der Waals surface area contributed by atoms with Crippen LogP contribution in [0.3, 0.4) is 0 Å². The molecular formula is C64H90F2. The van der Waals surface area contributed by atoms with E-state index in [1.54, 1.807) is 12.5 Å². The van der Waals surface area contributed by atoms with E-state index in [1.807, 2.05) is 52.0 Å². The van der Waals surface area contributed by atoms with Gasteiger partial charge in [0.15, 0.2) is 0 Å². The fourth-order valence-corrected chi connectivity index (χ4v) is 8.74. The van der Waals surface area contributed by atoms with Gasteiger partial charge in [0.1, 0.15) is 11.6 Å². The van der Waals surface area contributed by atoms with Crippen molar-refractivity contribution in [3.8, 4) is 0 Å². The van der Waals surface area contributed by atoms with Crippen molar-refractivity contribution in [1.82, 2.24) is 0 Å². The summed E-state index contributed by atoms with van der Waals surface area (Å²) in [6.45, 7) is 29.5. The highest BCUT2D eigenvalue weighted by Crippen LogP contribution is 2.43. The molecule has 9 rings (SSSR count). The van der Waals surface area contributed by atoms with Crippen molar-refractivity contribution in [2.45, 2.75) is 188 Å². The Balaban J connectivity index is 0.000000272. The van der Waals surface area contributed by atoms with Crippen molar-refractivity contribution in [2.75, 3.05) is 0 Å². The van der Waals surface area contributed by atoms with Gasteiger partial charge in [-0.25, -0.2) is 8.78 Å². The Morgan fingerprint density at radius 3 is 1.26 bits per heavy atom. The van der Waals surface area contributed by atoms with Crippen LogP contribution >= 0.6 is 0 Å². The van der Waals surface area contributed by atoms with E-state index in [4.69, 9.17) is 0 Å². The third-order valence-corrected chi connectivity index (χ3v) is 13.6. The molecule has 3 fully saturated rings. The predicted octanol–water partition coefficient (Wildman–Crippen LogP) is 19.9. The van der Waals surface area contributed by atoms with Crippen molar-refractivity contribution >= 4 is 10.8 Å². The van der Waals surface area contributed by atoms with Crippen molar-refractivity contribution in [1.29, 1.82) is 0 Å². The zero-order valence-corrected chi connectivity index (χ0v) is 42.4. The monoisotopic (exact) mass is 897 g/mol. The minimum atomic E-state index is -0.0347. The number of hydrogen-bond acceptors (Lipinski definition) is 0. The first-order valence-electron chi connectivity index (χ1n) is 24.5. The molecule has 0 aromatic heterocycles. The molecule has 0 aliphatic heterocycles. The summed E-state index contributed by atoms with van der Waals surface area (Å²) >= 11 is 0. The average molecular weight is 897 g/mol. The number of fused-ring (bicyclic) bond motifs is 1. The molecule has 0 nitrogen and oxygen atoms in total. The molecule has 0 unspecified atom stereocenters. The lowest BCUT2D eigenvalue weighted by atomic mass is 9.84. The van der Waals surface area contributed by atoms with E-state index in [9.17, 15) is 8.78 Å². The van der Waals surface area contributed by atoms with Gasteiger partial charge in [0.2, 0.25) is 0 Å². The van der Waals surface area contributed by atoms with Crippen LogP contribution in [0.25, 0.3) is 10.8 Å². The Hall–Kier alpha value is -4.56. The second-order valence-electron chi connectivity index (χ2n) is 19.6. The number of hydrogen-bond donors (Lipinski definition) is 0. The van der Waals surface area contributed by atoms with E-state index < -0.39 is 0 Å². The summed E-state index contributed by atoms with van der Waals surface area (Å²) in [7, 11) is 0. The summed E-state index contributed by atoms with van der Waals surface area (Å²) in [6, 6.07) is 34.0. The van der Waals surface area contributed by atoms with Crippen molar-refractivity contribution in [2.24, 2.45) is 11.8 Å². The zero-order valence-electron chi connectivity index (χ0n) is 42.4. The maximum absolute atomic E-state index is 13.6. The molecule has 3 aliphatic carbocycles. The Labute approximate surface area is 404 Å². The molecule has 0 bridgehead atoms. The maximum atomic E-state index is 13.6. The third-order valence-electron chi connectivity index (χ3n) is 13.6. The summed E-state index contributed by atoms with van der Waals surface area (Å²) in [5.74, 6) is 3.45. The first-order valence-corrected chi connectivity index (χ1v) is 24.5. The summed E-state index contributed by atoms with van der Waals surface area (Å²) in [4.78, 5) is 0. The fraction of sp³-hybridized carbons (Fsp3) is 0.469. The van der Waals surface area contributed by atoms with Crippen LogP contribution < -0.4 is 0 Å². The number of aryl methyl sites for hydroxylation is 11. The highest BCUT2D eigenvalue weighted by molar-refractivity contribution is 5.88. The minimum absolute atomic E-state index is 0. The van der Waals surface area contributed by atoms with E-state index in [-0.39, 0.29) is 26.5 Å². The Morgan fingerprint density at radius 1 is 0.409 bits per heavy atom. The molecule has 0 radical (unpaired) electrons. The number of rotatable bonds is 4. The van der Waals surface area contributed by atoms with Crippen molar-refractivity contribution in [3.63, 3.8) is 0 Å². The maximum Gasteiger partial charge on any atom is 0.129 e. The largest absolute Gasteiger partial charge is 0.206 e. The molecular weight excluding hydrogens is 807 g/mol. The molecule has 6 aromatic rings. The summed E-state index contributed by atoms with van der Waals surface area (Å²) in [5.41, 5.74) is 16.9. The van der Waals surface area contributed by atoms with E-state index in [2.05, 4.69) is 135 Å². The number of halogens is 2. The molecule has 0 atom stereocenters. The van der Waals surface area contributed by atoms with Gasteiger partial charge >= 0.3 is 0 Å². The fourth-order valence-electron chi connectivity index (χ4n) is 8.74. The molecule has 6 aromatic carbocycles. The van der Waals surface area contributed by atoms with Crippen LogP contribution in [0.15, 0.2) is 97.1 Å². The van der Waals surface area contributed by atoms with Gasteiger partial charge in [-0.1, -0.05) is 176 Å². The summed E-state index contributed by atoms with van der Waals surface area (Å²) in [6.07, 6.45) is 13.0. The molecule has 0 saturated heterocycles. The van der Waals surface area contributed by atoms with E-state index >= 15 is 0 Å². The van der Waals surface area contributed by atoms with Crippen LogP contribution in [0, 0.1) is 92.7 Å². The van der Waals surface area contributed by atoms with Gasteiger partial charge in [-0.15, -0.1) is 0 Å². The quantitative estimate of drug-likeness (QED) is 0.165. The first-order chi connectivity index (χ1) is 30.4. The van der Waals surface area contributed by atoms with Gasteiger partial charge in [0.05, 0.1) is 0 Å². The lowest BCUT2D eigenvalue weighted by Gasteiger charge is -2.22. The highest BCUT2D eigenvalue weighted by atomic mass is 19.1. The first kappa shape index (κ1) is 57.6. The van der Waals surface area contributed by atoms with Crippen LogP contribution in [-0.4, -0.2) is 0 Å². The average Bonchev–Trinajstić information content (AvgIpc) is 4.23. The van der Waals surface area contributed by atoms with E-state index in [0.29, 0.717) is 5.92 Å². The van der Waals surface area contributed by atoms with Crippen LogP contribution in [0.2, 0.25) is 0 Å². The lowest BCUT2D eigenvalue weighted by molar-refractivity contribution is 0.308. The molecule has 3 aliphatic rings. The van der Waals surface area contributed by atoms with Crippen molar-refractivity contribution < 1.29 is 8.78 Å².